The molecule has 0 saturated heterocycles. The van der Waals surface area contributed by atoms with Crippen LogP contribution in [0.15, 0.2) is 0 Å². The minimum atomic E-state index is -6.00. The molecular formula is C11H16F3NO5S2. The maximum absolute atomic E-state index is 12.3. The summed E-state index contributed by atoms with van der Waals surface area (Å²) in [6.07, 6.45) is 4.30. The lowest BCUT2D eigenvalue weighted by atomic mass is 9.54. The molecule has 0 radical (unpaired) electrons. The summed E-state index contributed by atoms with van der Waals surface area (Å²) >= 11 is 0. The van der Waals surface area contributed by atoms with Gasteiger partial charge in [0.25, 0.3) is 0 Å². The Kier molecular flexibility index (Phi) is 3.60. The van der Waals surface area contributed by atoms with Crippen molar-refractivity contribution in [1.82, 2.24) is 4.13 Å². The summed E-state index contributed by atoms with van der Waals surface area (Å²) in [5.74, 6) is 0.919. The SMILES string of the molecule is O=S(=O)(NS(=O)(=O)C(F)(F)F)OC12CC3CC(CC(C3)C1)C2. The third-order valence-corrected chi connectivity index (χ3v) is 7.66. The fraction of sp³-hybridized carbons (Fsp3) is 1.00. The molecule has 4 aliphatic rings. The fourth-order valence-corrected chi connectivity index (χ4v) is 6.82. The Labute approximate surface area is 126 Å². The molecule has 4 saturated carbocycles. The van der Waals surface area contributed by atoms with Gasteiger partial charge in [0, 0.05) is 0 Å². The summed E-state index contributed by atoms with van der Waals surface area (Å²) in [6, 6.07) is 0. The molecular weight excluding hydrogens is 347 g/mol. The number of hydrogen-bond donors (Lipinski definition) is 1. The van der Waals surface area contributed by atoms with Crippen LogP contribution in [0.1, 0.15) is 38.5 Å². The van der Waals surface area contributed by atoms with Crippen LogP contribution in [0.3, 0.4) is 0 Å². The highest BCUT2D eigenvalue weighted by molar-refractivity contribution is 8.03. The minimum Gasteiger partial charge on any atom is -0.251 e. The normalized spacial score (nSPS) is 38.4. The van der Waals surface area contributed by atoms with Crippen LogP contribution in [0.5, 0.6) is 0 Å². The van der Waals surface area contributed by atoms with E-state index in [0.717, 1.165) is 19.3 Å². The molecule has 6 nitrogen and oxygen atoms in total. The highest BCUT2D eigenvalue weighted by atomic mass is 32.3. The summed E-state index contributed by atoms with van der Waals surface area (Å²) in [7, 11) is -11.0. The van der Waals surface area contributed by atoms with Gasteiger partial charge in [-0.1, -0.05) is 4.13 Å². The number of nitrogens with one attached hydrogen (secondary N) is 1. The Morgan fingerprint density at radius 1 is 0.909 bits per heavy atom. The summed E-state index contributed by atoms with van der Waals surface area (Å²) < 4.78 is 87.9. The van der Waals surface area contributed by atoms with E-state index in [4.69, 9.17) is 4.18 Å². The molecule has 4 bridgehead atoms. The monoisotopic (exact) mass is 363 g/mol. The van der Waals surface area contributed by atoms with Crippen LogP contribution >= 0.6 is 0 Å². The molecule has 0 aromatic rings. The van der Waals surface area contributed by atoms with Gasteiger partial charge in [0.1, 0.15) is 0 Å². The van der Waals surface area contributed by atoms with Crippen LogP contribution in [-0.4, -0.2) is 27.9 Å². The lowest BCUT2D eigenvalue weighted by molar-refractivity contribution is -0.104. The molecule has 22 heavy (non-hydrogen) atoms. The van der Waals surface area contributed by atoms with Gasteiger partial charge in [-0.05, 0) is 56.3 Å². The van der Waals surface area contributed by atoms with E-state index in [1.165, 1.54) is 0 Å². The van der Waals surface area contributed by atoms with Crippen molar-refractivity contribution < 1.29 is 34.2 Å². The van der Waals surface area contributed by atoms with Crippen molar-refractivity contribution in [2.45, 2.75) is 49.6 Å². The van der Waals surface area contributed by atoms with Crippen LogP contribution in [0.4, 0.5) is 13.2 Å². The molecule has 0 heterocycles. The predicted octanol–water partition coefficient (Wildman–Crippen LogP) is 1.66. The van der Waals surface area contributed by atoms with Crippen LogP contribution < -0.4 is 4.13 Å². The van der Waals surface area contributed by atoms with Gasteiger partial charge >= 0.3 is 25.8 Å². The lowest BCUT2D eigenvalue weighted by Gasteiger charge is -2.55. The van der Waals surface area contributed by atoms with Gasteiger partial charge < -0.3 is 0 Å². The maximum Gasteiger partial charge on any atom is 0.512 e. The zero-order valence-corrected chi connectivity index (χ0v) is 13.1. The van der Waals surface area contributed by atoms with E-state index in [1.807, 2.05) is 0 Å². The van der Waals surface area contributed by atoms with Crippen molar-refractivity contribution in [1.29, 1.82) is 0 Å². The minimum absolute atomic E-state index is 0.306. The first-order valence-electron chi connectivity index (χ1n) is 6.95. The molecule has 4 rings (SSSR count). The quantitative estimate of drug-likeness (QED) is 0.820. The van der Waals surface area contributed by atoms with Crippen LogP contribution in [0, 0.1) is 17.8 Å². The third kappa shape index (κ3) is 3.00. The highest BCUT2D eigenvalue weighted by Gasteiger charge is 2.55. The Bertz CT molecular complexity index is 635. The van der Waals surface area contributed by atoms with Crippen molar-refractivity contribution in [3.05, 3.63) is 0 Å². The van der Waals surface area contributed by atoms with Gasteiger partial charge in [-0.15, -0.1) is 0 Å². The zero-order valence-electron chi connectivity index (χ0n) is 11.5. The molecule has 1 N–H and O–H groups in total. The molecule has 0 aliphatic heterocycles. The molecule has 0 amide bonds. The number of sulfonamides is 1. The summed E-state index contributed by atoms with van der Waals surface area (Å²) in [6.45, 7) is 0. The second kappa shape index (κ2) is 4.81. The summed E-state index contributed by atoms with van der Waals surface area (Å²) in [5, 5.41) is 0. The number of alkyl halides is 3. The molecule has 4 fully saturated rings. The predicted molar refractivity (Wildman–Crippen MR) is 69.0 cm³/mol. The molecule has 0 spiro atoms. The Morgan fingerprint density at radius 2 is 1.32 bits per heavy atom. The van der Waals surface area contributed by atoms with Crippen molar-refractivity contribution in [2.75, 3.05) is 0 Å². The smallest absolute Gasteiger partial charge is 0.251 e. The Balaban J connectivity index is 1.78. The standard InChI is InChI=1S/C11H16F3NO5S2/c12-11(13,14)21(16,17)15-22(18,19)20-10-4-7-1-8(5-10)3-9(2-7)6-10/h7-9,15H,1-6H2. The van der Waals surface area contributed by atoms with Gasteiger partial charge in [-0.3, -0.25) is 4.18 Å². The second-order valence-corrected chi connectivity index (χ2v) is 9.88. The highest BCUT2D eigenvalue weighted by Crippen LogP contribution is 2.57. The van der Waals surface area contributed by atoms with Gasteiger partial charge in [0.15, 0.2) is 0 Å². The molecule has 0 aromatic heterocycles. The van der Waals surface area contributed by atoms with Crippen molar-refractivity contribution in [3.8, 4) is 0 Å². The summed E-state index contributed by atoms with van der Waals surface area (Å²) in [5.41, 5.74) is -6.76. The number of rotatable bonds is 4. The Morgan fingerprint density at radius 3 is 1.68 bits per heavy atom. The van der Waals surface area contributed by atoms with E-state index in [1.54, 1.807) is 0 Å². The molecule has 0 aromatic carbocycles. The first kappa shape index (κ1) is 16.5. The first-order valence-corrected chi connectivity index (χ1v) is 9.84. The largest absolute Gasteiger partial charge is 0.512 e. The van der Waals surface area contributed by atoms with Crippen LogP contribution in [-0.2, 0) is 24.5 Å². The fourth-order valence-electron chi connectivity index (χ4n) is 4.56. The molecule has 0 atom stereocenters. The zero-order chi connectivity index (χ0) is 16.4. The first-order chi connectivity index (χ1) is 9.90. The Hall–Kier alpha value is -0.390. The van der Waals surface area contributed by atoms with E-state index in [-0.39, 0.29) is 0 Å². The van der Waals surface area contributed by atoms with E-state index in [0.29, 0.717) is 41.1 Å². The van der Waals surface area contributed by atoms with Gasteiger partial charge in [-0.2, -0.15) is 21.6 Å². The third-order valence-electron chi connectivity index (χ3n) is 4.79. The topological polar surface area (TPSA) is 89.5 Å². The maximum atomic E-state index is 12.3. The molecule has 0 unspecified atom stereocenters. The van der Waals surface area contributed by atoms with Gasteiger partial charge in [0.2, 0.25) is 0 Å². The van der Waals surface area contributed by atoms with Crippen molar-refractivity contribution >= 4 is 20.3 Å². The number of hydrogen-bond acceptors (Lipinski definition) is 5. The van der Waals surface area contributed by atoms with E-state index < -0.39 is 31.4 Å². The van der Waals surface area contributed by atoms with E-state index >= 15 is 0 Å². The lowest BCUT2D eigenvalue weighted by Crippen LogP contribution is -2.54. The van der Waals surface area contributed by atoms with Crippen LogP contribution in [0.25, 0.3) is 0 Å². The van der Waals surface area contributed by atoms with E-state index in [9.17, 15) is 30.0 Å². The average molecular weight is 363 g/mol. The van der Waals surface area contributed by atoms with Crippen LogP contribution in [0.2, 0.25) is 0 Å². The molecule has 128 valence electrons. The number of halogens is 3. The van der Waals surface area contributed by atoms with Crippen molar-refractivity contribution in [2.24, 2.45) is 17.8 Å². The van der Waals surface area contributed by atoms with Crippen molar-refractivity contribution in [3.63, 3.8) is 0 Å². The molecule has 11 heteroatoms. The van der Waals surface area contributed by atoms with E-state index in [2.05, 4.69) is 0 Å². The average Bonchev–Trinajstić information content (AvgIpc) is 2.20. The molecule has 4 aliphatic carbocycles. The van der Waals surface area contributed by atoms with Gasteiger partial charge in [-0.25, -0.2) is 8.42 Å². The second-order valence-electron chi connectivity index (χ2n) is 6.67. The van der Waals surface area contributed by atoms with Gasteiger partial charge in [0.05, 0.1) is 5.60 Å². The summed E-state index contributed by atoms with van der Waals surface area (Å²) in [4.78, 5) is 0.